The Balaban J connectivity index is 1.93. The standard InChI is InChI=1S/C18H22N2O6/c21-19(22)17-12-18(20(23)24)14(6-8-16-4-2-10-26-16)11-13(17)5-7-15-3-1-9-25-15/h5-8,11-12,15-16,21-22H,1-4,9-10H2/q-2. The van der Waals surface area contributed by atoms with E-state index in [0.29, 0.717) is 24.3 Å². The second kappa shape index (κ2) is 8.63. The maximum atomic E-state index is 11.4. The van der Waals surface area contributed by atoms with E-state index in [9.17, 15) is 20.8 Å². The average molecular weight is 362 g/mol. The van der Waals surface area contributed by atoms with Crippen LogP contribution in [-0.2, 0) is 9.47 Å². The molecule has 2 fully saturated rings. The molecule has 2 atom stereocenters. The van der Waals surface area contributed by atoms with Crippen LogP contribution >= 0.6 is 0 Å². The van der Waals surface area contributed by atoms with Crippen LogP contribution in [0.15, 0.2) is 24.3 Å². The van der Waals surface area contributed by atoms with Gasteiger partial charge in [-0.15, -0.1) is 5.23 Å². The van der Waals surface area contributed by atoms with Gasteiger partial charge in [0.1, 0.15) is 5.69 Å². The molecule has 8 heteroatoms. The average Bonchev–Trinajstić information content (AvgIpc) is 3.31. The highest BCUT2D eigenvalue weighted by molar-refractivity contribution is 5.79. The van der Waals surface area contributed by atoms with Gasteiger partial charge in [-0.25, -0.2) is 0 Å². The predicted molar refractivity (Wildman–Crippen MR) is 97.7 cm³/mol. The Morgan fingerprint density at radius 1 is 0.885 bits per heavy atom. The molecule has 0 saturated carbocycles. The lowest BCUT2D eigenvalue weighted by atomic mass is 10.0. The minimum absolute atomic E-state index is 0.0326. The van der Waals surface area contributed by atoms with Crippen LogP contribution in [0.25, 0.3) is 12.2 Å². The molecule has 1 aromatic rings. The van der Waals surface area contributed by atoms with Gasteiger partial charge >= 0.3 is 0 Å². The summed E-state index contributed by atoms with van der Waals surface area (Å²) in [5, 5.41) is 41.1. The first-order valence-corrected chi connectivity index (χ1v) is 8.64. The van der Waals surface area contributed by atoms with E-state index in [1.165, 1.54) is 0 Å². The summed E-state index contributed by atoms with van der Waals surface area (Å²) < 4.78 is 11.0. The van der Waals surface area contributed by atoms with Crippen LogP contribution in [0, 0.1) is 10.4 Å². The Hall–Kier alpha value is -1.94. The molecule has 0 amide bonds. The Kier molecular flexibility index (Phi) is 6.25. The Morgan fingerprint density at radius 3 is 1.85 bits per heavy atom. The molecular weight excluding hydrogens is 340 g/mol. The molecule has 2 saturated heterocycles. The van der Waals surface area contributed by atoms with Crippen LogP contribution in [0.5, 0.6) is 0 Å². The van der Waals surface area contributed by atoms with Crippen molar-refractivity contribution in [2.75, 3.05) is 23.7 Å². The van der Waals surface area contributed by atoms with Crippen molar-refractivity contribution >= 4 is 23.5 Å². The Morgan fingerprint density at radius 2 is 1.42 bits per heavy atom. The molecule has 0 aliphatic carbocycles. The van der Waals surface area contributed by atoms with Crippen molar-refractivity contribution in [3.8, 4) is 0 Å². The van der Waals surface area contributed by atoms with Crippen molar-refractivity contribution in [3.05, 3.63) is 45.8 Å². The van der Waals surface area contributed by atoms with E-state index >= 15 is 0 Å². The zero-order valence-electron chi connectivity index (χ0n) is 14.3. The van der Waals surface area contributed by atoms with Crippen molar-refractivity contribution in [1.82, 2.24) is 0 Å². The third-order valence-corrected chi connectivity index (χ3v) is 4.50. The van der Waals surface area contributed by atoms with Crippen molar-refractivity contribution in [3.63, 3.8) is 0 Å². The second-order valence-electron chi connectivity index (χ2n) is 6.34. The molecule has 0 aromatic heterocycles. The quantitative estimate of drug-likeness (QED) is 0.740. The van der Waals surface area contributed by atoms with Crippen LogP contribution in [0.1, 0.15) is 36.8 Å². The number of nitrogens with zero attached hydrogens (tertiary/aromatic N) is 2. The molecular formula is C18H22N2O6-2. The Labute approximate surface area is 151 Å². The van der Waals surface area contributed by atoms with Gasteiger partial charge in [0.2, 0.25) is 0 Å². The van der Waals surface area contributed by atoms with Crippen molar-refractivity contribution in [2.45, 2.75) is 37.9 Å². The summed E-state index contributed by atoms with van der Waals surface area (Å²) in [5.74, 6) is 0. The molecule has 2 heterocycles. The third-order valence-electron chi connectivity index (χ3n) is 4.50. The maximum Gasteiger partial charge on any atom is 0.103 e. The van der Waals surface area contributed by atoms with Crippen molar-refractivity contribution in [2.24, 2.45) is 0 Å². The summed E-state index contributed by atoms with van der Waals surface area (Å²) in [7, 11) is 0. The van der Waals surface area contributed by atoms with E-state index in [1.807, 2.05) is 6.08 Å². The normalized spacial score (nSPS) is 23.4. The van der Waals surface area contributed by atoms with Gasteiger partial charge in [0.15, 0.2) is 0 Å². The monoisotopic (exact) mass is 362 g/mol. The number of rotatable bonds is 6. The zero-order chi connectivity index (χ0) is 18.5. The predicted octanol–water partition coefficient (Wildman–Crippen LogP) is 3.46. The van der Waals surface area contributed by atoms with Gasteiger partial charge in [-0.05, 0) is 43.4 Å². The number of benzene rings is 1. The van der Waals surface area contributed by atoms with Gasteiger partial charge < -0.3 is 25.1 Å². The fourth-order valence-corrected chi connectivity index (χ4v) is 3.14. The molecule has 142 valence electrons. The van der Waals surface area contributed by atoms with Gasteiger partial charge in [0, 0.05) is 24.5 Å². The zero-order valence-corrected chi connectivity index (χ0v) is 14.3. The highest BCUT2D eigenvalue weighted by Gasteiger charge is 2.15. The van der Waals surface area contributed by atoms with E-state index in [0.717, 1.165) is 31.7 Å². The molecule has 0 bridgehead atoms. The third kappa shape index (κ3) is 4.61. The number of hydrogen-bond donors (Lipinski definition) is 2. The first-order chi connectivity index (χ1) is 12.5. The van der Waals surface area contributed by atoms with E-state index < -0.39 is 5.23 Å². The highest BCUT2D eigenvalue weighted by Crippen LogP contribution is 2.32. The van der Waals surface area contributed by atoms with E-state index in [2.05, 4.69) is 0 Å². The summed E-state index contributed by atoms with van der Waals surface area (Å²) in [6.45, 7) is 1.39. The maximum absolute atomic E-state index is 11.4. The number of ether oxygens (including phenoxy) is 2. The van der Waals surface area contributed by atoms with Crippen LogP contribution in [0.2, 0.25) is 0 Å². The largest absolute Gasteiger partial charge is 0.769 e. The summed E-state index contributed by atoms with van der Waals surface area (Å²) in [6.07, 6.45) is 10.6. The number of hydrogen-bond acceptors (Lipinski definition) is 8. The van der Waals surface area contributed by atoms with Crippen molar-refractivity contribution < 1.29 is 19.9 Å². The van der Waals surface area contributed by atoms with E-state index in [1.54, 1.807) is 24.3 Å². The smallest absolute Gasteiger partial charge is 0.103 e. The van der Waals surface area contributed by atoms with Crippen LogP contribution < -0.4 is 10.5 Å². The topological polar surface area (TPSA) is 112 Å². The molecule has 2 unspecified atom stereocenters. The summed E-state index contributed by atoms with van der Waals surface area (Å²) in [4.78, 5) is 0. The van der Waals surface area contributed by atoms with E-state index in [4.69, 9.17) is 9.47 Å². The molecule has 2 N–H and O–H groups in total. The van der Waals surface area contributed by atoms with Crippen molar-refractivity contribution in [1.29, 1.82) is 0 Å². The fourth-order valence-electron chi connectivity index (χ4n) is 3.14. The van der Waals surface area contributed by atoms with Gasteiger partial charge in [-0.2, -0.15) is 0 Å². The van der Waals surface area contributed by atoms with Gasteiger partial charge in [-0.1, -0.05) is 24.3 Å². The Bertz CT molecular complexity index is 609. The lowest BCUT2D eigenvalue weighted by Gasteiger charge is -2.39. The first-order valence-electron chi connectivity index (χ1n) is 8.64. The van der Waals surface area contributed by atoms with Gasteiger partial charge in [0.25, 0.3) is 0 Å². The SMILES string of the molecule is [O-]N([O-])c1cc(N(O)O)c(C=CC2CCCO2)cc1C=CC1CCCO1. The molecule has 8 nitrogen and oxygen atoms in total. The summed E-state index contributed by atoms with van der Waals surface area (Å²) >= 11 is 0. The molecule has 3 rings (SSSR count). The highest BCUT2D eigenvalue weighted by atomic mass is 16.8. The van der Waals surface area contributed by atoms with Crippen LogP contribution in [0.3, 0.4) is 0 Å². The summed E-state index contributed by atoms with van der Waals surface area (Å²) in [6, 6.07) is 2.70. The molecule has 1 aromatic carbocycles. The van der Waals surface area contributed by atoms with Gasteiger partial charge in [0.05, 0.1) is 12.2 Å². The lowest BCUT2D eigenvalue weighted by molar-refractivity contribution is 0.0291. The van der Waals surface area contributed by atoms with E-state index in [-0.39, 0.29) is 28.8 Å². The molecule has 2 aliphatic heterocycles. The second-order valence-corrected chi connectivity index (χ2v) is 6.34. The van der Waals surface area contributed by atoms with Gasteiger partial charge in [-0.3, -0.25) is 10.4 Å². The fraction of sp³-hybridized carbons (Fsp3) is 0.444. The minimum atomic E-state index is -0.546. The molecule has 0 spiro atoms. The van der Waals surface area contributed by atoms with Crippen LogP contribution in [0.4, 0.5) is 11.4 Å². The lowest BCUT2D eigenvalue weighted by Crippen LogP contribution is -2.15. The van der Waals surface area contributed by atoms with Crippen LogP contribution in [-0.4, -0.2) is 35.8 Å². The molecule has 26 heavy (non-hydrogen) atoms. The first kappa shape index (κ1) is 18.8. The number of anilines is 2. The molecule has 0 radical (unpaired) electrons. The summed E-state index contributed by atoms with van der Waals surface area (Å²) in [5.41, 5.74) is 0.544. The minimum Gasteiger partial charge on any atom is -0.769 e. The molecule has 2 aliphatic rings.